The molecule has 0 aliphatic heterocycles. The molecule has 2 aromatic rings. The quantitative estimate of drug-likeness (QED) is 0.476. The number of hydrogen-bond donors (Lipinski definition) is 2. The highest BCUT2D eigenvalue weighted by molar-refractivity contribution is 7.89. The van der Waals surface area contributed by atoms with Gasteiger partial charge in [0.1, 0.15) is 5.84 Å². The molecule has 0 bridgehead atoms. The lowest BCUT2D eigenvalue weighted by Crippen LogP contribution is -2.26. The van der Waals surface area contributed by atoms with E-state index >= 15 is 0 Å². The third kappa shape index (κ3) is 4.79. The minimum atomic E-state index is -3.61. The number of hydrogen-bond acceptors (Lipinski definition) is 3. The van der Waals surface area contributed by atoms with Crippen LogP contribution in [-0.4, -0.2) is 20.1 Å². The first-order valence-electron chi connectivity index (χ1n) is 6.99. The predicted molar refractivity (Wildman–Crippen MR) is 93.6 cm³/mol. The molecule has 2 aromatic carbocycles. The van der Waals surface area contributed by atoms with E-state index < -0.39 is 10.0 Å². The number of aliphatic imine (C=N–C) groups is 1. The van der Waals surface area contributed by atoms with Crippen molar-refractivity contribution < 1.29 is 8.42 Å². The minimum absolute atomic E-state index is 0.121. The van der Waals surface area contributed by atoms with Crippen LogP contribution in [0.5, 0.6) is 0 Å². The van der Waals surface area contributed by atoms with Gasteiger partial charge in [-0.1, -0.05) is 30.3 Å². The smallest absolute Gasteiger partial charge is 0.241 e. The minimum Gasteiger partial charge on any atom is -0.386 e. The summed E-state index contributed by atoms with van der Waals surface area (Å²) in [6.45, 7) is 1.80. The van der Waals surface area contributed by atoms with Gasteiger partial charge in [-0.25, -0.2) is 18.1 Å². The van der Waals surface area contributed by atoms with Crippen LogP contribution in [0.3, 0.4) is 0 Å². The summed E-state index contributed by atoms with van der Waals surface area (Å²) in [5.41, 5.74) is 7.00. The first kappa shape index (κ1) is 17.5. The molecule has 0 radical (unpaired) electrons. The van der Waals surface area contributed by atoms with Gasteiger partial charge in [0, 0.05) is 6.04 Å². The van der Waals surface area contributed by atoms with Crippen molar-refractivity contribution in [3.8, 4) is 0 Å². The van der Waals surface area contributed by atoms with E-state index in [1.54, 1.807) is 19.1 Å². The molecule has 0 saturated heterocycles. The summed E-state index contributed by atoms with van der Waals surface area (Å²) >= 11 is 5.56. The molecule has 23 heavy (non-hydrogen) atoms. The van der Waals surface area contributed by atoms with Crippen LogP contribution in [0.4, 0.5) is 5.69 Å². The lowest BCUT2D eigenvalue weighted by molar-refractivity contribution is 0.567. The predicted octanol–water partition coefficient (Wildman–Crippen LogP) is 2.95. The number of sulfonamides is 1. The third-order valence-corrected chi connectivity index (χ3v) is 5.02. The highest BCUT2D eigenvalue weighted by Gasteiger charge is 2.18. The normalized spacial score (nSPS) is 13.7. The van der Waals surface area contributed by atoms with E-state index in [1.165, 1.54) is 12.1 Å². The third-order valence-electron chi connectivity index (χ3n) is 3.19. The molecule has 1 unspecified atom stereocenters. The van der Waals surface area contributed by atoms with Crippen LogP contribution in [-0.2, 0) is 10.0 Å². The van der Waals surface area contributed by atoms with Crippen LogP contribution in [0.1, 0.15) is 18.5 Å². The van der Waals surface area contributed by atoms with Crippen LogP contribution in [0, 0.1) is 0 Å². The molecule has 0 amide bonds. The van der Waals surface area contributed by atoms with E-state index in [0.29, 0.717) is 5.69 Å². The van der Waals surface area contributed by atoms with Crippen LogP contribution >= 0.6 is 11.6 Å². The Hall–Kier alpha value is -1.89. The second kappa shape index (κ2) is 7.59. The number of amidine groups is 1. The molecule has 0 aliphatic rings. The molecular formula is C16H18ClN3O2S. The van der Waals surface area contributed by atoms with Crippen molar-refractivity contribution in [1.82, 2.24) is 4.72 Å². The first-order valence-corrected chi connectivity index (χ1v) is 9.00. The van der Waals surface area contributed by atoms with Crippen molar-refractivity contribution >= 4 is 33.1 Å². The van der Waals surface area contributed by atoms with Gasteiger partial charge in [0.05, 0.1) is 16.5 Å². The van der Waals surface area contributed by atoms with Crippen LogP contribution in [0.25, 0.3) is 0 Å². The Morgan fingerprint density at radius 3 is 2.35 bits per heavy atom. The zero-order chi connectivity index (χ0) is 16.9. The zero-order valence-corrected chi connectivity index (χ0v) is 14.2. The van der Waals surface area contributed by atoms with Gasteiger partial charge in [-0.15, -0.1) is 11.6 Å². The monoisotopic (exact) mass is 351 g/mol. The maximum atomic E-state index is 12.4. The molecule has 0 saturated carbocycles. The molecule has 0 spiro atoms. The molecule has 122 valence electrons. The van der Waals surface area contributed by atoms with Gasteiger partial charge in [-0.3, -0.25) is 0 Å². The van der Waals surface area contributed by atoms with Gasteiger partial charge in [0.25, 0.3) is 0 Å². The zero-order valence-electron chi connectivity index (χ0n) is 12.6. The van der Waals surface area contributed by atoms with Crippen LogP contribution in [0.2, 0.25) is 0 Å². The molecular weight excluding hydrogens is 334 g/mol. The first-order chi connectivity index (χ1) is 10.9. The molecule has 0 heterocycles. The number of nitrogens with zero attached hydrogens (tertiary/aromatic N) is 1. The van der Waals surface area contributed by atoms with E-state index in [4.69, 9.17) is 17.3 Å². The molecule has 7 heteroatoms. The Labute approximate surface area is 141 Å². The Morgan fingerprint density at radius 2 is 1.78 bits per heavy atom. The largest absolute Gasteiger partial charge is 0.386 e. The number of benzene rings is 2. The van der Waals surface area contributed by atoms with Gasteiger partial charge >= 0.3 is 0 Å². The number of nitrogens with one attached hydrogen (secondary N) is 1. The number of rotatable bonds is 6. The maximum Gasteiger partial charge on any atom is 0.241 e. The fourth-order valence-electron chi connectivity index (χ4n) is 2.01. The molecule has 0 fully saturated rings. The summed E-state index contributed by atoms with van der Waals surface area (Å²) in [6, 6.07) is 15.2. The Morgan fingerprint density at radius 1 is 1.17 bits per heavy atom. The number of alkyl halides is 1. The highest BCUT2D eigenvalue weighted by atomic mass is 35.5. The fourth-order valence-corrected chi connectivity index (χ4v) is 3.30. The second-order valence-electron chi connectivity index (χ2n) is 4.98. The molecule has 2 rings (SSSR count). The lowest BCUT2D eigenvalue weighted by atomic mass is 10.1. The highest BCUT2D eigenvalue weighted by Crippen LogP contribution is 2.19. The molecule has 0 aromatic heterocycles. The summed E-state index contributed by atoms with van der Waals surface area (Å²) in [4.78, 5) is 4.23. The van der Waals surface area contributed by atoms with E-state index in [9.17, 15) is 8.42 Å². The van der Waals surface area contributed by atoms with E-state index in [-0.39, 0.29) is 22.7 Å². The van der Waals surface area contributed by atoms with E-state index in [2.05, 4.69) is 9.71 Å². The summed E-state index contributed by atoms with van der Waals surface area (Å²) in [7, 11) is -3.61. The topological polar surface area (TPSA) is 84.5 Å². The van der Waals surface area contributed by atoms with Crippen molar-refractivity contribution in [1.29, 1.82) is 0 Å². The van der Waals surface area contributed by atoms with E-state index in [0.717, 1.165) is 5.56 Å². The molecule has 0 aliphatic carbocycles. The Balaban J connectivity index is 2.16. The SMILES string of the molecule is CC(NS(=O)(=O)c1ccc(N=C(N)CCl)cc1)c1ccccc1. The maximum absolute atomic E-state index is 12.4. The number of nitrogens with two attached hydrogens (primary N) is 1. The molecule has 3 N–H and O–H groups in total. The average molecular weight is 352 g/mol. The fraction of sp³-hybridized carbons (Fsp3) is 0.188. The van der Waals surface area contributed by atoms with Crippen molar-refractivity contribution in [3.05, 3.63) is 60.2 Å². The molecule has 5 nitrogen and oxygen atoms in total. The van der Waals surface area contributed by atoms with Crippen molar-refractivity contribution in [2.24, 2.45) is 10.7 Å². The van der Waals surface area contributed by atoms with Crippen molar-refractivity contribution in [2.75, 3.05) is 5.88 Å². The van der Waals surface area contributed by atoms with Gasteiger partial charge in [-0.05, 0) is 36.8 Å². The lowest BCUT2D eigenvalue weighted by Gasteiger charge is -2.14. The summed E-state index contributed by atoms with van der Waals surface area (Å²) < 4.78 is 27.5. The van der Waals surface area contributed by atoms with Crippen LogP contribution in [0.15, 0.2) is 64.5 Å². The average Bonchev–Trinajstić information content (AvgIpc) is 2.55. The van der Waals surface area contributed by atoms with E-state index in [1.807, 2.05) is 30.3 Å². The van der Waals surface area contributed by atoms with Gasteiger partial charge in [0.2, 0.25) is 10.0 Å². The molecule has 1 atom stereocenters. The van der Waals surface area contributed by atoms with Gasteiger partial charge in [0.15, 0.2) is 0 Å². The Kier molecular flexibility index (Phi) is 5.76. The number of halogens is 1. The van der Waals surface area contributed by atoms with Crippen molar-refractivity contribution in [3.63, 3.8) is 0 Å². The second-order valence-corrected chi connectivity index (χ2v) is 6.97. The van der Waals surface area contributed by atoms with Crippen LogP contribution < -0.4 is 10.5 Å². The standard InChI is InChI=1S/C16H18ClN3O2S/c1-12(13-5-3-2-4-6-13)20-23(21,22)15-9-7-14(8-10-15)19-16(18)11-17/h2-10,12,20H,11H2,1H3,(H2,18,19). The summed E-state index contributed by atoms with van der Waals surface area (Å²) in [5, 5.41) is 0. The van der Waals surface area contributed by atoms with Gasteiger partial charge < -0.3 is 5.73 Å². The Bertz CT molecular complexity index is 775. The van der Waals surface area contributed by atoms with Crippen molar-refractivity contribution in [2.45, 2.75) is 17.9 Å². The summed E-state index contributed by atoms with van der Waals surface area (Å²) in [5.74, 6) is 0.397. The van der Waals surface area contributed by atoms with Gasteiger partial charge in [-0.2, -0.15) is 0 Å². The summed E-state index contributed by atoms with van der Waals surface area (Å²) in [6.07, 6.45) is 0.